The van der Waals surface area contributed by atoms with E-state index in [1.807, 2.05) is 54.3 Å². The van der Waals surface area contributed by atoms with Crippen LogP contribution < -0.4 is 0 Å². The Bertz CT molecular complexity index is 964. The van der Waals surface area contributed by atoms with Crippen LogP contribution in [0.4, 0.5) is 0 Å². The summed E-state index contributed by atoms with van der Waals surface area (Å²) in [6.45, 7) is 2.47. The maximum atomic E-state index is 13.0. The number of aryl methyl sites for hydroxylation is 1. The lowest BCUT2D eigenvalue weighted by Crippen LogP contribution is -2.35. The minimum atomic E-state index is -0.335. The lowest BCUT2D eigenvalue weighted by atomic mass is 10.1. The average molecular weight is 375 g/mol. The molecule has 5 heteroatoms. The van der Waals surface area contributed by atoms with Crippen LogP contribution >= 0.6 is 0 Å². The first-order chi connectivity index (χ1) is 13.6. The highest BCUT2D eigenvalue weighted by Crippen LogP contribution is 2.46. The van der Waals surface area contributed by atoms with Crippen LogP contribution in [-0.4, -0.2) is 35.5 Å². The van der Waals surface area contributed by atoms with Gasteiger partial charge in [0.2, 0.25) is 0 Å². The summed E-state index contributed by atoms with van der Waals surface area (Å²) >= 11 is 0. The van der Waals surface area contributed by atoms with Crippen LogP contribution in [-0.2, 0) is 14.3 Å². The van der Waals surface area contributed by atoms with Gasteiger partial charge in [-0.3, -0.25) is 9.69 Å². The Labute approximate surface area is 163 Å². The predicted octanol–water partition coefficient (Wildman–Crippen LogP) is 3.55. The molecule has 3 aliphatic rings. The first kappa shape index (κ1) is 17.2. The van der Waals surface area contributed by atoms with E-state index in [0.29, 0.717) is 25.0 Å². The molecule has 0 bridgehead atoms. The monoisotopic (exact) mass is 375 g/mol. The number of hydrogen-bond donors (Lipinski definition) is 0. The van der Waals surface area contributed by atoms with E-state index in [0.717, 1.165) is 22.3 Å². The Morgan fingerprint density at radius 3 is 2.57 bits per heavy atom. The highest BCUT2D eigenvalue weighted by atomic mass is 16.5. The molecule has 0 N–H and O–H groups in total. The molecule has 0 aromatic heterocycles. The third kappa shape index (κ3) is 2.74. The minimum absolute atomic E-state index is 0.0141. The van der Waals surface area contributed by atoms with Gasteiger partial charge >= 0.3 is 5.97 Å². The summed E-state index contributed by atoms with van der Waals surface area (Å²) in [5.41, 5.74) is 4.50. The largest absolute Gasteiger partial charge is 0.458 e. The standard InChI is InChI=1S/C23H21NO4/c1-14-7-9-16(10-8-14)23(26)28-17-11-18-19(12-17)21(25)24-20(18)13-27-22(24)15-5-3-2-4-6-15/h2-10,17,20,22H,11-13H2,1H3. The molecule has 1 aliphatic carbocycles. The van der Waals surface area contributed by atoms with Gasteiger partial charge < -0.3 is 9.47 Å². The first-order valence-corrected chi connectivity index (χ1v) is 9.60. The molecule has 1 saturated heterocycles. The van der Waals surface area contributed by atoms with Crippen LogP contribution in [0.25, 0.3) is 0 Å². The molecule has 2 aromatic carbocycles. The van der Waals surface area contributed by atoms with Gasteiger partial charge in [0.25, 0.3) is 5.91 Å². The van der Waals surface area contributed by atoms with Crippen molar-refractivity contribution in [3.05, 3.63) is 82.4 Å². The van der Waals surface area contributed by atoms with Gasteiger partial charge in [0, 0.05) is 24.0 Å². The normalized spacial score (nSPS) is 25.8. The zero-order valence-corrected chi connectivity index (χ0v) is 15.6. The maximum Gasteiger partial charge on any atom is 0.338 e. The van der Waals surface area contributed by atoms with Crippen molar-refractivity contribution in [2.24, 2.45) is 0 Å². The summed E-state index contributed by atoms with van der Waals surface area (Å²) < 4.78 is 11.6. The number of rotatable bonds is 3. The van der Waals surface area contributed by atoms with E-state index >= 15 is 0 Å². The van der Waals surface area contributed by atoms with Gasteiger partial charge in [-0.15, -0.1) is 0 Å². The van der Waals surface area contributed by atoms with E-state index in [-0.39, 0.29) is 30.3 Å². The Hall–Kier alpha value is -2.92. The topological polar surface area (TPSA) is 55.8 Å². The van der Waals surface area contributed by atoms with Crippen molar-refractivity contribution in [3.63, 3.8) is 0 Å². The molecule has 5 nitrogen and oxygen atoms in total. The van der Waals surface area contributed by atoms with Crippen LogP contribution in [0.2, 0.25) is 0 Å². The fraction of sp³-hybridized carbons (Fsp3) is 0.304. The number of carbonyl (C=O) groups is 2. The molecular formula is C23H21NO4. The van der Waals surface area contributed by atoms with Crippen LogP contribution in [0.1, 0.15) is 40.6 Å². The number of nitrogens with zero attached hydrogens (tertiary/aromatic N) is 1. The van der Waals surface area contributed by atoms with Crippen LogP contribution in [0.5, 0.6) is 0 Å². The molecule has 2 aliphatic heterocycles. The van der Waals surface area contributed by atoms with Crippen molar-refractivity contribution in [1.29, 1.82) is 0 Å². The molecule has 0 saturated carbocycles. The Balaban J connectivity index is 1.28. The van der Waals surface area contributed by atoms with Crippen LogP contribution in [0.3, 0.4) is 0 Å². The number of hydrogen-bond acceptors (Lipinski definition) is 4. The van der Waals surface area contributed by atoms with Gasteiger partial charge in [0.15, 0.2) is 6.23 Å². The molecule has 2 aromatic rings. The highest BCUT2D eigenvalue weighted by Gasteiger charge is 2.51. The van der Waals surface area contributed by atoms with Gasteiger partial charge in [-0.25, -0.2) is 4.79 Å². The minimum Gasteiger partial charge on any atom is -0.458 e. The summed E-state index contributed by atoms with van der Waals surface area (Å²) in [6, 6.07) is 17.1. The molecule has 1 amide bonds. The number of ether oxygens (including phenoxy) is 2. The van der Waals surface area contributed by atoms with Crippen molar-refractivity contribution >= 4 is 11.9 Å². The Kier molecular flexibility index (Phi) is 4.05. The molecule has 142 valence electrons. The second-order valence-electron chi connectivity index (χ2n) is 7.63. The summed E-state index contributed by atoms with van der Waals surface area (Å²) in [5, 5.41) is 0. The van der Waals surface area contributed by atoms with E-state index in [1.54, 1.807) is 12.1 Å². The van der Waals surface area contributed by atoms with Crippen LogP contribution in [0.15, 0.2) is 65.7 Å². The van der Waals surface area contributed by atoms with Gasteiger partial charge in [-0.1, -0.05) is 48.0 Å². The molecule has 0 radical (unpaired) electrons. The fourth-order valence-corrected chi connectivity index (χ4v) is 4.41. The number of fused-ring (bicyclic) bond motifs is 2. The van der Waals surface area contributed by atoms with Crippen molar-refractivity contribution in [3.8, 4) is 0 Å². The summed E-state index contributed by atoms with van der Waals surface area (Å²) in [4.78, 5) is 27.3. The SMILES string of the molecule is Cc1ccc(C(=O)OC2CC3=C(C2)C2COC(c4ccccc4)N2C3=O)cc1. The maximum absolute atomic E-state index is 13.0. The summed E-state index contributed by atoms with van der Waals surface area (Å²) in [6.07, 6.45) is 0.476. The third-order valence-corrected chi connectivity index (χ3v) is 5.81. The summed E-state index contributed by atoms with van der Waals surface area (Å²) in [5.74, 6) is -0.319. The molecule has 3 atom stereocenters. The fourth-order valence-electron chi connectivity index (χ4n) is 4.41. The Morgan fingerprint density at radius 2 is 1.82 bits per heavy atom. The lowest BCUT2D eigenvalue weighted by Gasteiger charge is -2.25. The molecule has 0 spiro atoms. The first-order valence-electron chi connectivity index (χ1n) is 9.60. The molecule has 5 rings (SSSR count). The van der Waals surface area contributed by atoms with Crippen molar-refractivity contribution in [2.45, 2.75) is 38.1 Å². The van der Waals surface area contributed by atoms with E-state index < -0.39 is 0 Å². The van der Waals surface area contributed by atoms with Gasteiger partial charge in [-0.2, -0.15) is 0 Å². The molecule has 2 heterocycles. The summed E-state index contributed by atoms with van der Waals surface area (Å²) in [7, 11) is 0. The van der Waals surface area contributed by atoms with Crippen molar-refractivity contribution in [1.82, 2.24) is 4.90 Å². The number of benzene rings is 2. The zero-order chi connectivity index (χ0) is 19.3. The van der Waals surface area contributed by atoms with Crippen molar-refractivity contribution < 1.29 is 19.1 Å². The van der Waals surface area contributed by atoms with Gasteiger partial charge in [0.05, 0.1) is 18.2 Å². The second kappa shape index (κ2) is 6.60. The average Bonchev–Trinajstić information content (AvgIpc) is 3.37. The van der Waals surface area contributed by atoms with Crippen molar-refractivity contribution in [2.75, 3.05) is 6.61 Å². The smallest absolute Gasteiger partial charge is 0.338 e. The predicted molar refractivity (Wildman–Crippen MR) is 102 cm³/mol. The van der Waals surface area contributed by atoms with Gasteiger partial charge in [-0.05, 0) is 24.6 Å². The third-order valence-electron chi connectivity index (χ3n) is 5.81. The van der Waals surface area contributed by atoms with E-state index in [9.17, 15) is 9.59 Å². The second-order valence-corrected chi connectivity index (χ2v) is 7.63. The quantitative estimate of drug-likeness (QED) is 0.770. The number of esters is 1. The Morgan fingerprint density at radius 1 is 1.07 bits per heavy atom. The molecule has 28 heavy (non-hydrogen) atoms. The number of amides is 1. The van der Waals surface area contributed by atoms with E-state index in [2.05, 4.69) is 0 Å². The number of carbonyl (C=O) groups excluding carboxylic acids is 2. The van der Waals surface area contributed by atoms with Crippen LogP contribution in [0, 0.1) is 6.92 Å². The van der Waals surface area contributed by atoms with Gasteiger partial charge in [0.1, 0.15) is 6.10 Å². The van der Waals surface area contributed by atoms with E-state index in [4.69, 9.17) is 9.47 Å². The molecule has 1 fully saturated rings. The molecular weight excluding hydrogens is 354 g/mol. The van der Waals surface area contributed by atoms with E-state index in [1.165, 1.54) is 0 Å². The highest BCUT2D eigenvalue weighted by molar-refractivity contribution is 5.99. The molecule has 3 unspecified atom stereocenters. The lowest BCUT2D eigenvalue weighted by molar-refractivity contribution is -0.132. The zero-order valence-electron chi connectivity index (χ0n) is 15.6.